The van der Waals surface area contributed by atoms with E-state index in [1.807, 2.05) is 36.3 Å². The molecule has 2 rings (SSSR count). The van der Waals surface area contributed by atoms with Crippen molar-refractivity contribution in [3.8, 4) is 0 Å². The van der Waals surface area contributed by atoms with Crippen molar-refractivity contribution in [2.75, 3.05) is 11.9 Å². The molecule has 0 atom stereocenters. The van der Waals surface area contributed by atoms with E-state index in [4.69, 9.17) is 0 Å². The second kappa shape index (κ2) is 5.31. The molecule has 17 heavy (non-hydrogen) atoms. The number of pyridine rings is 1. The molecule has 0 aliphatic heterocycles. The van der Waals surface area contributed by atoms with Gasteiger partial charge in [0.2, 0.25) is 0 Å². The molecule has 2 heterocycles. The first-order valence-electron chi connectivity index (χ1n) is 5.49. The number of nitrogens with one attached hydrogen (secondary N) is 1. The van der Waals surface area contributed by atoms with E-state index in [-0.39, 0.29) is 0 Å². The van der Waals surface area contributed by atoms with E-state index in [2.05, 4.69) is 38.1 Å². The summed E-state index contributed by atoms with van der Waals surface area (Å²) in [7, 11) is 2.00. The molecule has 5 heteroatoms. The first-order chi connectivity index (χ1) is 8.18. The van der Waals surface area contributed by atoms with Crippen LogP contribution in [0.3, 0.4) is 0 Å². The quantitative estimate of drug-likeness (QED) is 0.942. The Morgan fingerprint density at radius 2 is 2.18 bits per heavy atom. The molecule has 1 N–H and O–H groups in total. The molecular formula is C12H15BrN4. The lowest BCUT2D eigenvalue weighted by molar-refractivity contribution is 0.788. The molecule has 0 amide bonds. The van der Waals surface area contributed by atoms with Gasteiger partial charge in [0.25, 0.3) is 0 Å². The summed E-state index contributed by atoms with van der Waals surface area (Å²) in [6.07, 6.45) is 6.46. The number of hydrogen-bond donors (Lipinski definition) is 1. The van der Waals surface area contributed by atoms with Crippen LogP contribution in [0.25, 0.3) is 0 Å². The van der Waals surface area contributed by atoms with Gasteiger partial charge in [-0.15, -0.1) is 0 Å². The third-order valence-electron chi connectivity index (χ3n) is 2.64. The minimum atomic E-state index is 0.819. The summed E-state index contributed by atoms with van der Waals surface area (Å²) in [5.41, 5.74) is 1.18. The monoisotopic (exact) mass is 294 g/mol. The van der Waals surface area contributed by atoms with E-state index in [9.17, 15) is 0 Å². The van der Waals surface area contributed by atoms with Crippen LogP contribution in [0.5, 0.6) is 0 Å². The van der Waals surface area contributed by atoms with Crippen molar-refractivity contribution >= 4 is 21.7 Å². The van der Waals surface area contributed by atoms with Crippen LogP contribution in [0.15, 0.2) is 29.1 Å². The number of rotatable bonds is 4. The zero-order valence-corrected chi connectivity index (χ0v) is 11.5. The van der Waals surface area contributed by atoms with Gasteiger partial charge in [-0.25, -0.2) is 9.97 Å². The molecule has 0 radical (unpaired) electrons. The van der Waals surface area contributed by atoms with E-state index in [0.717, 1.165) is 29.1 Å². The summed E-state index contributed by atoms with van der Waals surface area (Å²) in [6.45, 7) is 2.87. The van der Waals surface area contributed by atoms with Crippen LogP contribution in [0.4, 0.5) is 5.82 Å². The Morgan fingerprint density at radius 3 is 2.88 bits per heavy atom. The van der Waals surface area contributed by atoms with Crippen molar-refractivity contribution < 1.29 is 0 Å². The zero-order valence-electron chi connectivity index (χ0n) is 9.94. The lowest BCUT2D eigenvalue weighted by Crippen LogP contribution is -2.10. The molecule has 0 bridgehead atoms. The first kappa shape index (κ1) is 12.1. The van der Waals surface area contributed by atoms with Crippen LogP contribution in [-0.2, 0) is 13.5 Å². The summed E-state index contributed by atoms with van der Waals surface area (Å²) in [5.74, 6) is 1.96. The Hall–Kier alpha value is -1.36. The highest BCUT2D eigenvalue weighted by Crippen LogP contribution is 2.22. The second-order valence-corrected chi connectivity index (χ2v) is 4.71. The third-order valence-corrected chi connectivity index (χ3v) is 3.65. The van der Waals surface area contributed by atoms with E-state index < -0.39 is 0 Å². The fourth-order valence-electron chi connectivity index (χ4n) is 1.59. The summed E-state index contributed by atoms with van der Waals surface area (Å²) < 4.78 is 3.06. The smallest absolute Gasteiger partial charge is 0.140 e. The van der Waals surface area contributed by atoms with Crippen molar-refractivity contribution in [1.82, 2.24) is 14.5 Å². The van der Waals surface area contributed by atoms with Crippen LogP contribution in [0, 0.1) is 6.92 Å². The van der Waals surface area contributed by atoms with Crippen LogP contribution in [-0.4, -0.2) is 21.1 Å². The summed E-state index contributed by atoms with van der Waals surface area (Å²) in [6, 6.07) is 1.98. The normalized spacial score (nSPS) is 10.5. The number of imidazole rings is 1. The van der Waals surface area contributed by atoms with Crippen LogP contribution >= 0.6 is 15.9 Å². The first-order valence-corrected chi connectivity index (χ1v) is 6.29. The SMILES string of the molecule is Cc1ccnc(NCCc2nccn2C)c1Br. The fraction of sp³-hybridized carbons (Fsp3) is 0.333. The maximum absolute atomic E-state index is 4.30. The Balaban J connectivity index is 1.95. The van der Waals surface area contributed by atoms with Crippen molar-refractivity contribution in [3.63, 3.8) is 0 Å². The molecule has 4 nitrogen and oxygen atoms in total. The van der Waals surface area contributed by atoms with Crippen LogP contribution in [0.1, 0.15) is 11.4 Å². The van der Waals surface area contributed by atoms with E-state index in [1.165, 1.54) is 5.56 Å². The summed E-state index contributed by atoms with van der Waals surface area (Å²) in [4.78, 5) is 8.57. The van der Waals surface area contributed by atoms with Crippen LogP contribution < -0.4 is 5.32 Å². The van der Waals surface area contributed by atoms with Gasteiger partial charge >= 0.3 is 0 Å². The topological polar surface area (TPSA) is 42.7 Å². The van der Waals surface area contributed by atoms with Crippen molar-refractivity contribution in [2.24, 2.45) is 7.05 Å². The Bertz CT molecular complexity index is 507. The highest BCUT2D eigenvalue weighted by atomic mass is 79.9. The molecule has 0 aromatic carbocycles. The molecule has 0 unspecified atom stereocenters. The summed E-state index contributed by atoms with van der Waals surface area (Å²) in [5, 5.41) is 3.31. The van der Waals surface area contributed by atoms with Crippen molar-refractivity contribution in [3.05, 3.63) is 40.5 Å². The van der Waals surface area contributed by atoms with Gasteiger partial charge in [-0.05, 0) is 34.5 Å². The highest BCUT2D eigenvalue weighted by molar-refractivity contribution is 9.10. The largest absolute Gasteiger partial charge is 0.369 e. The number of hydrogen-bond acceptors (Lipinski definition) is 3. The molecule has 0 aliphatic carbocycles. The van der Waals surface area contributed by atoms with Gasteiger partial charge in [0.15, 0.2) is 0 Å². The van der Waals surface area contributed by atoms with Gasteiger partial charge in [-0.2, -0.15) is 0 Å². The standard InChI is InChI=1S/C12H15BrN4/c1-9-3-5-15-12(11(9)13)16-6-4-10-14-7-8-17(10)2/h3,5,7-8H,4,6H2,1-2H3,(H,15,16). The average molecular weight is 295 g/mol. The maximum atomic E-state index is 4.30. The molecular weight excluding hydrogens is 280 g/mol. The number of aryl methyl sites for hydroxylation is 2. The van der Waals surface area contributed by atoms with Gasteiger partial charge < -0.3 is 9.88 Å². The highest BCUT2D eigenvalue weighted by Gasteiger charge is 2.04. The Kier molecular flexibility index (Phi) is 3.78. The molecule has 0 aliphatic rings. The predicted octanol–water partition coefficient (Wildman–Crippen LogP) is 2.54. The number of anilines is 1. The molecule has 2 aromatic heterocycles. The van der Waals surface area contributed by atoms with E-state index in [0.29, 0.717) is 0 Å². The van der Waals surface area contributed by atoms with Gasteiger partial charge in [0.05, 0.1) is 4.47 Å². The van der Waals surface area contributed by atoms with E-state index in [1.54, 1.807) is 0 Å². The molecule has 0 spiro atoms. The van der Waals surface area contributed by atoms with E-state index >= 15 is 0 Å². The van der Waals surface area contributed by atoms with Crippen LogP contribution in [0.2, 0.25) is 0 Å². The molecule has 0 saturated carbocycles. The molecule has 0 saturated heterocycles. The van der Waals surface area contributed by atoms with Gasteiger partial charge in [0, 0.05) is 38.6 Å². The van der Waals surface area contributed by atoms with Gasteiger partial charge in [-0.1, -0.05) is 0 Å². The summed E-state index contributed by atoms with van der Waals surface area (Å²) >= 11 is 3.53. The minimum Gasteiger partial charge on any atom is -0.369 e. The predicted molar refractivity (Wildman–Crippen MR) is 72.1 cm³/mol. The third kappa shape index (κ3) is 2.85. The van der Waals surface area contributed by atoms with Gasteiger partial charge in [-0.3, -0.25) is 0 Å². The lowest BCUT2D eigenvalue weighted by Gasteiger charge is -2.08. The molecule has 0 fully saturated rings. The van der Waals surface area contributed by atoms with Gasteiger partial charge in [0.1, 0.15) is 11.6 Å². The second-order valence-electron chi connectivity index (χ2n) is 3.92. The number of nitrogens with zero attached hydrogens (tertiary/aromatic N) is 3. The fourth-order valence-corrected chi connectivity index (χ4v) is 1.97. The number of aromatic nitrogens is 3. The lowest BCUT2D eigenvalue weighted by atomic mass is 10.3. The van der Waals surface area contributed by atoms with Crippen molar-refractivity contribution in [1.29, 1.82) is 0 Å². The molecule has 2 aromatic rings. The minimum absolute atomic E-state index is 0.819. The van der Waals surface area contributed by atoms with Crippen molar-refractivity contribution in [2.45, 2.75) is 13.3 Å². The Labute approximate surface area is 109 Å². The Morgan fingerprint density at radius 1 is 1.35 bits per heavy atom. The number of halogens is 1. The molecule has 90 valence electrons. The average Bonchev–Trinajstić information content (AvgIpc) is 2.71. The maximum Gasteiger partial charge on any atom is 0.140 e. The zero-order chi connectivity index (χ0) is 12.3.